The van der Waals surface area contributed by atoms with Crippen molar-refractivity contribution < 1.29 is 0 Å². The Balaban J connectivity index is 2.36. The van der Waals surface area contributed by atoms with Gasteiger partial charge in [0.15, 0.2) is 0 Å². The largest absolute Gasteiger partial charge is 0.316 e. The average Bonchev–Trinajstić information content (AvgIpc) is 2.38. The summed E-state index contributed by atoms with van der Waals surface area (Å²) in [5, 5.41) is 3.59. The summed E-state index contributed by atoms with van der Waals surface area (Å²) in [5.41, 5.74) is 3.31. The average molecular weight is 275 g/mol. The molecule has 0 fully saturated rings. The van der Waals surface area contributed by atoms with Crippen molar-refractivity contribution in [1.82, 2.24) is 5.32 Å². The van der Waals surface area contributed by atoms with E-state index in [4.69, 9.17) is 0 Å². The number of hydrogen-bond donors (Lipinski definition) is 1. The van der Waals surface area contributed by atoms with Crippen molar-refractivity contribution in [3.8, 4) is 0 Å². The van der Waals surface area contributed by atoms with Gasteiger partial charge in [0.25, 0.3) is 0 Å². The highest BCUT2D eigenvalue weighted by Gasteiger charge is 2.17. The summed E-state index contributed by atoms with van der Waals surface area (Å²) in [6.07, 6.45) is 4.85. The number of rotatable bonds is 9. The quantitative estimate of drug-likeness (QED) is 0.679. The second-order valence-electron chi connectivity index (χ2n) is 7.26. The van der Waals surface area contributed by atoms with Crippen LogP contribution in [0.2, 0.25) is 0 Å². The fraction of sp³-hybridized carbons (Fsp3) is 0.684. The lowest BCUT2D eigenvalue weighted by atomic mass is 9.86. The fourth-order valence-electron chi connectivity index (χ4n) is 2.43. The van der Waals surface area contributed by atoms with E-state index in [0.717, 1.165) is 19.0 Å². The minimum Gasteiger partial charge on any atom is -0.316 e. The van der Waals surface area contributed by atoms with Gasteiger partial charge >= 0.3 is 0 Å². The molecule has 20 heavy (non-hydrogen) atoms. The molecule has 0 unspecified atom stereocenters. The van der Waals surface area contributed by atoms with E-state index in [1.54, 1.807) is 0 Å². The third kappa shape index (κ3) is 7.09. The Morgan fingerprint density at radius 2 is 1.55 bits per heavy atom. The Labute approximate surface area is 126 Å². The number of hydrogen-bond acceptors (Lipinski definition) is 1. The van der Waals surface area contributed by atoms with Gasteiger partial charge < -0.3 is 5.32 Å². The molecule has 0 saturated carbocycles. The molecule has 0 aliphatic heterocycles. The maximum Gasteiger partial charge on any atom is 0.000274 e. The molecule has 0 bridgehead atoms. The Hall–Kier alpha value is -0.820. The highest BCUT2D eigenvalue weighted by atomic mass is 14.9. The van der Waals surface area contributed by atoms with Gasteiger partial charge in [0.1, 0.15) is 0 Å². The topological polar surface area (TPSA) is 12.0 Å². The first kappa shape index (κ1) is 17.2. The van der Waals surface area contributed by atoms with Crippen LogP contribution in [0.1, 0.15) is 58.6 Å². The third-order valence-electron chi connectivity index (χ3n) is 3.81. The molecule has 1 aromatic carbocycles. The van der Waals surface area contributed by atoms with Crippen LogP contribution in [-0.2, 0) is 12.8 Å². The molecule has 1 heteroatoms. The number of aryl methyl sites for hydroxylation is 2. The van der Waals surface area contributed by atoms with Gasteiger partial charge in [-0.1, -0.05) is 65.3 Å². The van der Waals surface area contributed by atoms with Gasteiger partial charge in [-0.15, -0.1) is 0 Å². The van der Waals surface area contributed by atoms with Crippen molar-refractivity contribution >= 4 is 0 Å². The van der Waals surface area contributed by atoms with Crippen molar-refractivity contribution in [2.24, 2.45) is 11.3 Å². The Morgan fingerprint density at radius 1 is 1.00 bits per heavy atom. The molecule has 0 aliphatic carbocycles. The van der Waals surface area contributed by atoms with Crippen LogP contribution in [0.4, 0.5) is 0 Å². The molecular formula is C19H33N. The van der Waals surface area contributed by atoms with E-state index in [1.807, 2.05) is 0 Å². The summed E-state index contributed by atoms with van der Waals surface area (Å²) in [5.74, 6) is 0.733. The van der Waals surface area contributed by atoms with Crippen molar-refractivity contribution in [3.05, 3.63) is 35.4 Å². The third-order valence-corrected chi connectivity index (χ3v) is 3.81. The molecular weight excluding hydrogens is 242 g/mol. The molecule has 0 radical (unpaired) electrons. The molecule has 0 heterocycles. The summed E-state index contributed by atoms with van der Waals surface area (Å²) in [4.78, 5) is 0. The van der Waals surface area contributed by atoms with Crippen LogP contribution in [0.3, 0.4) is 0 Å². The molecule has 1 N–H and O–H groups in total. The minimum atomic E-state index is 0.372. The summed E-state index contributed by atoms with van der Waals surface area (Å²) in [6.45, 7) is 13.7. The van der Waals surface area contributed by atoms with Gasteiger partial charge in [0.05, 0.1) is 0 Å². The first-order valence-corrected chi connectivity index (χ1v) is 8.21. The van der Waals surface area contributed by atoms with E-state index in [2.05, 4.69) is 64.2 Å². The van der Waals surface area contributed by atoms with Crippen LogP contribution in [-0.4, -0.2) is 13.1 Å². The molecule has 0 spiro atoms. The lowest BCUT2D eigenvalue weighted by molar-refractivity contribution is 0.308. The van der Waals surface area contributed by atoms with Crippen molar-refractivity contribution in [3.63, 3.8) is 0 Å². The van der Waals surface area contributed by atoms with Crippen molar-refractivity contribution in [1.29, 1.82) is 0 Å². The SMILES string of the molecule is CCCc1ccc(CCC(C)(C)CNCC(C)C)cc1. The smallest absolute Gasteiger partial charge is 0.000274 e. The molecule has 114 valence electrons. The number of benzene rings is 1. The maximum atomic E-state index is 3.59. The van der Waals surface area contributed by atoms with Crippen LogP contribution in [0.25, 0.3) is 0 Å². The first-order valence-electron chi connectivity index (χ1n) is 8.21. The molecule has 1 nitrogen and oxygen atoms in total. The predicted molar refractivity (Wildman–Crippen MR) is 90.2 cm³/mol. The first-order chi connectivity index (χ1) is 9.43. The second-order valence-corrected chi connectivity index (χ2v) is 7.26. The molecule has 0 saturated heterocycles. The highest BCUT2D eigenvalue weighted by molar-refractivity contribution is 5.22. The fourth-order valence-corrected chi connectivity index (χ4v) is 2.43. The molecule has 0 aromatic heterocycles. The van der Waals surface area contributed by atoms with Gasteiger partial charge in [0.2, 0.25) is 0 Å². The summed E-state index contributed by atoms with van der Waals surface area (Å²) in [7, 11) is 0. The summed E-state index contributed by atoms with van der Waals surface area (Å²) >= 11 is 0. The van der Waals surface area contributed by atoms with Crippen LogP contribution in [0.15, 0.2) is 24.3 Å². The zero-order valence-electron chi connectivity index (χ0n) is 14.1. The highest BCUT2D eigenvalue weighted by Crippen LogP contribution is 2.22. The molecule has 1 rings (SSSR count). The van der Waals surface area contributed by atoms with E-state index in [1.165, 1.54) is 36.8 Å². The van der Waals surface area contributed by atoms with Crippen LogP contribution >= 0.6 is 0 Å². The van der Waals surface area contributed by atoms with Gasteiger partial charge in [-0.3, -0.25) is 0 Å². The molecule has 0 aliphatic rings. The summed E-state index contributed by atoms with van der Waals surface area (Å²) in [6, 6.07) is 9.21. The maximum absolute atomic E-state index is 3.59. The van der Waals surface area contributed by atoms with Crippen molar-refractivity contribution in [2.75, 3.05) is 13.1 Å². The van der Waals surface area contributed by atoms with Gasteiger partial charge in [-0.2, -0.15) is 0 Å². The van der Waals surface area contributed by atoms with Crippen LogP contribution < -0.4 is 5.32 Å². The zero-order valence-corrected chi connectivity index (χ0v) is 14.1. The lowest BCUT2D eigenvalue weighted by Gasteiger charge is -2.25. The van der Waals surface area contributed by atoms with Crippen molar-refractivity contribution in [2.45, 2.75) is 60.3 Å². The van der Waals surface area contributed by atoms with E-state index in [0.29, 0.717) is 5.41 Å². The van der Waals surface area contributed by atoms with Gasteiger partial charge in [0, 0.05) is 6.54 Å². The predicted octanol–water partition coefficient (Wildman–Crippen LogP) is 4.84. The minimum absolute atomic E-state index is 0.372. The standard InChI is InChI=1S/C19H33N/c1-6-7-17-8-10-18(11-9-17)12-13-19(4,5)15-20-14-16(2)3/h8-11,16,20H,6-7,12-15H2,1-5H3. The molecule has 0 amide bonds. The Kier molecular flexibility index (Phi) is 7.29. The molecule has 0 atom stereocenters. The van der Waals surface area contributed by atoms with E-state index in [9.17, 15) is 0 Å². The van der Waals surface area contributed by atoms with Crippen LogP contribution in [0.5, 0.6) is 0 Å². The van der Waals surface area contributed by atoms with Gasteiger partial charge in [-0.05, 0) is 48.3 Å². The Morgan fingerprint density at radius 3 is 2.05 bits per heavy atom. The Bertz CT molecular complexity index is 362. The normalized spacial score (nSPS) is 12.1. The summed E-state index contributed by atoms with van der Waals surface area (Å²) < 4.78 is 0. The zero-order chi connectivity index (χ0) is 15.0. The van der Waals surface area contributed by atoms with E-state index < -0.39 is 0 Å². The van der Waals surface area contributed by atoms with Gasteiger partial charge in [-0.25, -0.2) is 0 Å². The monoisotopic (exact) mass is 275 g/mol. The molecule has 1 aromatic rings. The lowest BCUT2D eigenvalue weighted by Crippen LogP contribution is -2.32. The van der Waals surface area contributed by atoms with Crippen LogP contribution in [0, 0.1) is 11.3 Å². The second kappa shape index (κ2) is 8.46. The number of nitrogens with one attached hydrogen (secondary N) is 1. The van der Waals surface area contributed by atoms with E-state index in [-0.39, 0.29) is 0 Å². The van der Waals surface area contributed by atoms with E-state index >= 15 is 0 Å².